The van der Waals surface area contributed by atoms with Gasteiger partial charge in [-0.05, 0) is 26.2 Å². The van der Waals surface area contributed by atoms with E-state index in [1.165, 1.54) is 0 Å². The monoisotopic (exact) mass is 261 g/mol. The Morgan fingerprint density at radius 3 is 2.71 bits per heavy atom. The van der Waals surface area contributed by atoms with E-state index in [1.807, 2.05) is 0 Å². The van der Waals surface area contributed by atoms with Crippen LogP contribution in [0.1, 0.15) is 26.2 Å². The number of likely N-dealkylation sites (tertiary alicyclic amines) is 1. The molecule has 1 N–H and O–H groups in total. The van der Waals surface area contributed by atoms with E-state index < -0.39 is 21.4 Å². The van der Waals surface area contributed by atoms with E-state index in [2.05, 4.69) is 0 Å². The number of amides is 1. The zero-order chi connectivity index (χ0) is 12.7. The van der Waals surface area contributed by atoms with Crippen molar-refractivity contribution >= 4 is 15.7 Å². The molecule has 0 aliphatic carbocycles. The van der Waals surface area contributed by atoms with Gasteiger partial charge in [0, 0.05) is 13.1 Å². The van der Waals surface area contributed by atoms with E-state index >= 15 is 0 Å². The maximum Gasteiger partial charge on any atom is 0.226 e. The minimum atomic E-state index is -3.02. The summed E-state index contributed by atoms with van der Waals surface area (Å²) in [6.07, 6.45) is 1.90. The van der Waals surface area contributed by atoms with Crippen molar-refractivity contribution in [3.8, 4) is 0 Å². The van der Waals surface area contributed by atoms with E-state index in [4.69, 9.17) is 0 Å². The average molecular weight is 261 g/mol. The van der Waals surface area contributed by atoms with Gasteiger partial charge in [0.25, 0.3) is 0 Å². The van der Waals surface area contributed by atoms with Gasteiger partial charge in [0.2, 0.25) is 5.91 Å². The highest BCUT2D eigenvalue weighted by Gasteiger charge is 2.38. The summed E-state index contributed by atoms with van der Waals surface area (Å²) in [5.41, 5.74) is -0.828. The predicted molar refractivity (Wildman–Crippen MR) is 63.2 cm³/mol. The summed E-state index contributed by atoms with van der Waals surface area (Å²) in [6.45, 7) is 2.67. The first-order valence-corrected chi connectivity index (χ1v) is 7.83. The molecule has 2 fully saturated rings. The molecule has 0 aromatic carbocycles. The van der Waals surface area contributed by atoms with Crippen LogP contribution >= 0.6 is 0 Å². The molecular formula is C11H19NO4S. The summed E-state index contributed by atoms with van der Waals surface area (Å²) < 4.78 is 22.7. The molecule has 0 aromatic rings. The van der Waals surface area contributed by atoms with Crippen LogP contribution in [0.15, 0.2) is 0 Å². The van der Waals surface area contributed by atoms with Crippen LogP contribution in [0.25, 0.3) is 0 Å². The third-order valence-corrected chi connectivity index (χ3v) is 5.34. The van der Waals surface area contributed by atoms with Crippen molar-refractivity contribution in [2.24, 2.45) is 5.92 Å². The van der Waals surface area contributed by atoms with Gasteiger partial charge in [0.1, 0.15) is 0 Å². The second-order valence-corrected chi connectivity index (χ2v) is 7.69. The predicted octanol–water partition coefficient (Wildman–Crippen LogP) is -0.205. The highest BCUT2D eigenvalue weighted by molar-refractivity contribution is 7.91. The summed E-state index contributed by atoms with van der Waals surface area (Å²) in [5.74, 6) is -0.405. The molecule has 17 heavy (non-hydrogen) atoms. The molecule has 2 aliphatic heterocycles. The van der Waals surface area contributed by atoms with Crippen LogP contribution in [0.4, 0.5) is 0 Å². The Morgan fingerprint density at radius 2 is 2.18 bits per heavy atom. The molecule has 2 saturated heterocycles. The Morgan fingerprint density at radius 1 is 1.47 bits per heavy atom. The summed E-state index contributed by atoms with van der Waals surface area (Å²) in [4.78, 5) is 13.7. The zero-order valence-electron chi connectivity index (χ0n) is 10.1. The van der Waals surface area contributed by atoms with E-state index in [1.54, 1.807) is 11.8 Å². The Hall–Kier alpha value is -0.620. The number of β-amino-alcohol motifs (C(OH)–C–C–N with tert-alkyl or cyclic N) is 1. The number of piperidine rings is 1. The molecule has 2 unspecified atom stereocenters. The van der Waals surface area contributed by atoms with Gasteiger partial charge in [-0.2, -0.15) is 0 Å². The average Bonchev–Trinajstić information content (AvgIpc) is 2.56. The minimum Gasteiger partial charge on any atom is -0.388 e. The van der Waals surface area contributed by atoms with Crippen molar-refractivity contribution in [3.63, 3.8) is 0 Å². The molecule has 1 amide bonds. The maximum absolute atomic E-state index is 12.1. The molecule has 0 spiro atoms. The van der Waals surface area contributed by atoms with Gasteiger partial charge in [-0.25, -0.2) is 8.42 Å². The molecular weight excluding hydrogens is 242 g/mol. The number of carbonyl (C=O) groups excluding carboxylic acids is 1. The zero-order valence-corrected chi connectivity index (χ0v) is 10.9. The fourth-order valence-corrected chi connectivity index (χ4v) is 4.39. The fourth-order valence-electron chi connectivity index (χ4n) is 2.66. The maximum atomic E-state index is 12.1. The number of hydrogen-bond acceptors (Lipinski definition) is 4. The summed E-state index contributed by atoms with van der Waals surface area (Å²) >= 11 is 0. The molecule has 5 nitrogen and oxygen atoms in total. The van der Waals surface area contributed by atoms with Crippen LogP contribution < -0.4 is 0 Å². The Bertz CT molecular complexity index is 415. The van der Waals surface area contributed by atoms with Gasteiger partial charge in [-0.3, -0.25) is 4.79 Å². The van der Waals surface area contributed by atoms with Crippen LogP contribution in [-0.2, 0) is 14.6 Å². The summed E-state index contributed by atoms with van der Waals surface area (Å²) in [5, 5.41) is 9.93. The molecule has 98 valence electrons. The molecule has 0 saturated carbocycles. The third-order valence-electron chi connectivity index (χ3n) is 3.57. The topological polar surface area (TPSA) is 74.7 Å². The SMILES string of the molecule is CC1(O)CCCN(C(=O)C2CCS(=O)(=O)C2)C1. The lowest BCUT2D eigenvalue weighted by molar-refractivity contribution is -0.141. The van der Waals surface area contributed by atoms with Crippen LogP contribution in [-0.4, -0.2) is 54.5 Å². The van der Waals surface area contributed by atoms with Gasteiger partial charge in [0.05, 0.1) is 23.0 Å². The minimum absolute atomic E-state index is 0.0233. The third kappa shape index (κ3) is 2.98. The number of carbonyl (C=O) groups is 1. The van der Waals surface area contributed by atoms with Gasteiger partial charge < -0.3 is 10.0 Å². The molecule has 2 rings (SSSR count). The Labute approximate surface area is 102 Å². The van der Waals surface area contributed by atoms with Crippen LogP contribution in [0, 0.1) is 5.92 Å². The van der Waals surface area contributed by atoms with Gasteiger partial charge in [0.15, 0.2) is 9.84 Å². The van der Waals surface area contributed by atoms with Crippen molar-refractivity contribution in [2.45, 2.75) is 31.8 Å². The first-order valence-electron chi connectivity index (χ1n) is 6.01. The molecule has 2 aliphatic rings. The molecule has 2 atom stereocenters. The standard InChI is InChI=1S/C11H19NO4S/c1-11(14)4-2-5-12(8-11)10(13)9-3-6-17(15,16)7-9/h9,14H,2-8H2,1H3. The lowest BCUT2D eigenvalue weighted by Crippen LogP contribution is -2.50. The van der Waals surface area contributed by atoms with Crippen LogP contribution in [0.2, 0.25) is 0 Å². The van der Waals surface area contributed by atoms with E-state index in [-0.39, 0.29) is 17.4 Å². The number of nitrogens with zero attached hydrogens (tertiary/aromatic N) is 1. The lowest BCUT2D eigenvalue weighted by Gasteiger charge is -2.37. The molecule has 0 bridgehead atoms. The van der Waals surface area contributed by atoms with Crippen LogP contribution in [0.5, 0.6) is 0 Å². The molecule has 6 heteroatoms. The highest BCUT2D eigenvalue weighted by atomic mass is 32.2. The Kier molecular flexibility index (Phi) is 3.20. The lowest BCUT2D eigenvalue weighted by atomic mass is 9.94. The number of rotatable bonds is 1. The van der Waals surface area contributed by atoms with Gasteiger partial charge in [-0.15, -0.1) is 0 Å². The Balaban J connectivity index is 2.01. The van der Waals surface area contributed by atoms with Crippen molar-refractivity contribution in [2.75, 3.05) is 24.6 Å². The smallest absolute Gasteiger partial charge is 0.226 e. The highest BCUT2D eigenvalue weighted by Crippen LogP contribution is 2.25. The summed E-state index contributed by atoms with van der Waals surface area (Å²) in [7, 11) is -3.02. The van der Waals surface area contributed by atoms with Gasteiger partial charge >= 0.3 is 0 Å². The largest absolute Gasteiger partial charge is 0.388 e. The molecule has 0 aromatic heterocycles. The number of hydrogen-bond donors (Lipinski definition) is 1. The van der Waals surface area contributed by atoms with Crippen LogP contribution in [0.3, 0.4) is 0 Å². The van der Waals surface area contributed by atoms with Crippen molar-refractivity contribution in [1.29, 1.82) is 0 Å². The molecule has 2 heterocycles. The fraction of sp³-hybridized carbons (Fsp3) is 0.909. The van der Waals surface area contributed by atoms with E-state index in [0.29, 0.717) is 25.9 Å². The number of sulfone groups is 1. The first-order chi connectivity index (χ1) is 7.79. The number of aliphatic hydroxyl groups is 1. The second kappa shape index (κ2) is 4.24. The van der Waals surface area contributed by atoms with Crippen molar-refractivity contribution in [3.05, 3.63) is 0 Å². The van der Waals surface area contributed by atoms with Crippen molar-refractivity contribution < 1.29 is 18.3 Å². The quantitative estimate of drug-likeness (QED) is 0.709. The van der Waals surface area contributed by atoms with E-state index in [0.717, 1.165) is 6.42 Å². The van der Waals surface area contributed by atoms with Gasteiger partial charge in [-0.1, -0.05) is 0 Å². The van der Waals surface area contributed by atoms with Crippen molar-refractivity contribution in [1.82, 2.24) is 4.90 Å². The second-order valence-electron chi connectivity index (χ2n) is 5.46. The summed E-state index contributed by atoms with van der Waals surface area (Å²) in [6, 6.07) is 0. The first kappa shape index (κ1) is 12.8. The normalized spacial score (nSPS) is 37.1. The molecule has 0 radical (unpaired) electrons. The van der Waals surface area contributed by atoms with E-state index in [9.17, 15) is 18.3 Å².